The van der Waals surface area contributed by atoms with E-state index >= 15 is 0 Å². The van der Waals surface area contributed by atoms with Crippen molar-refractivity contribution in [2.75, 3.05) is 26.2 Å². The molecule has 1 aliphatic heterocycles. The zero-order valence-electron chi connectivity index (χ0n) is 13.7. The zero-order valence-corrected chi connectivity index (χ0v) is 13.7. The molecule has 124 valence electrons. The molecule has 4 heteroatoms. The monoisotopic (exact) mass is 313 g/mol. The van der Waals surface area contributed by atoms with Crippen molar-refractivity contribution in [3.05, 3.63) is 35.4 Å². The van der Waals surface area contributed by atoms with E-state index in [2.05, 4.69) is 28.4 Å². The molecule has 2 N–H and O–H groups in total. The Morgan fingerprint density at radius 2 is 2.04 bits per heavy atom. The molecule has 2 fully saturated rings. The first-order valence-corrected chi connectivity index (χ1v) is 8.88. The maximum atomic E-state index is 9.54. The average molecular weight is 313 g/mol. The van der Waals surface area contributed by atoms with Crippen LogP contribution in [0.4, 0.5) is 0 Å². The van der Waals surface area contributed by atoms with Crippen molar-refractivity contribution in [2.24, 2.45) is 0 Å². The van der Waals surface area contributed by atoms with E-state index in [0.29, 0.717) is 12.0 Å². The second kappa shape index (κ2) is 7.92. The minimum Gasteiger partial charge on any atom is -0.392 e. The first-order valence-electron chi connectivity index (χ1n) is 8.88. The average Bonchev–Trinajstić information content (AvgIpc) is 3.01. The number of hydrogen-bond acceptors (Lipinski definition) is 4. The molecule has 4 nitrogen and oxygen atoms in total. The number of hydrogen-bond donors (Lipinski definition) is 2. The van der Waals surface area contributed by atoms with Crippen LogP contribution in [0.1, 0.15) is 49.1 Å². The molecular formula is C19H27N3O. The summed E-state index contributed by atoms with van der Waals surface area (Å²) in [4.78, 5) is 2.34. The lowest BCUT2D eigenvalue weighted by molar-refractivity contribution is 0.176. The van der Waals surface area contributed by atoms with Gasteiger partial charge >= 0.3 is 0 Å². The SMILES string of the molecule is N#Cc1cccc(C2CCC(NCCN3CC[C@@H](O)C3)CC2)c1. The molecular weight excluding hydrogens is 286 g/mol. The van der Waals surface area contributed by atoms with Gasteiger partial charge in [-0.2, -0.15) is 5.26 Å². The molecule has 0 radical (unpaired) electrons. The summed E-state index contributed by atoms with van der Waals surface area (Å²) in [5.41, 5.74) is 2.10. The number of aliphatic hydroxyl groups is 1. The Labute approximate surface area is 139 Å². The second-order valence-corrected chi connectivity index (χ2v) is 6.98. The van der Waals surface area contributed by atoms with Gasteiger partial charge < -0.3 is 10.4 Å². The lowest BCUT2D eigenvalue weighted by Gasteiger charge is -2.30. The van der Waals surface area contributed by atoms with Crippen molar-refractivity contribution in [1.29, 1.82) is 5.26 Å². The molecule has 1 aromatic carbocycles. The number of nitriles is 1. The number of nitrogens with one attached hydrogen (secondary N) is 1. The van der Waals surface area contributed by atoms with Gasteiger partial charge in [-0.05, 0) is 55.7 Å². The molecule has 1 heterocycles. The Kier molecular flexibility index (Phi) is 5.66. The normalized spacial score (nSPS) is 28.6. The van der Waals surface area contributed by atoms with Crippen LogP contribution < -0.4 is 5.32 Å². The second-order valence-electron chi connectivity index (χ2n) is 6.98. The molecule has 0 spiro atoms. The fraction of sp³-hybridized carbons (Fsp3) is 0.632. The Balaban J connectivity index is 1.39. The van der Waals surface area contributed by atoms with Crippen LogP contribution in [0.5, 0.6) is 0 Å². The summed E-state index contributed by atoms with van der Waals surface area (Å²) in [7, 11) is 0. The molecule has 0 unspecified atom stereocenters. The van der Waals surface area contributed by atoms with E-state index in [1.165, 1.54) is 31.2 Å². The van der Waals surface area contributed by atoms with Crippen LogP contribution in [0.3, 0.4) is 0 Å². The lowest BCUT2D eigenvalue weighted by atomic mass is 9.81. The van der Waals surface area contributed by atoms with Gasteiger partial charge in [0.15, 0.2) is 0 Å². The van der Waals surface area contributed by atoms with Gasteiger partial charge in [-0.25, -0.2) is 0 Å². The van der Waals surface area contributed by atoms with E-state index in [-0.39, 0.29) is 6.10 Å². The maximum absolute atomic E-state index is 9.54. The highest BCUT2D eigenvalue weighted by Gasteiger charge is 2.23. The van der Waals surface area contributed by atoms with E-state index in [0.717, 1.165) is 38.2 Å². The third-order valence-corrected chi connectivity index (χ3v) is 5.32. The molecule has 1 saturated carbocycles. The highest BCUT2D eigenvalue weighted by Crippen LogP contribution is 2.33. The van der Waals surface area contributed by atoms with Gasteiger partial charge in [0.2, 0.25) is 0 Å². The standard InChI is InChI=1S/C19H27N3O/c20-13-15-2-1-3-17(12-15)16-4-6-18(7-5-16)21-9-11-22-10-8-19(23)14-22/h1-3,12,16,18-19,21,23H,4-11,14H2/t16?,18?,19-/m1/s1. The minimum absolute atomic E-state index is 0.116. The van der Waals surface area contributed by atoms with Crippen LogP contribution in [0, 0.1) is 11.3 Å². The number of benzene rings is 1. The van der Waals surface area contributed by atoms with Gasteiger partial charge in [0.1, 0.15) is 0 Å². The molecule has 1 aromatic rings. The minimum atomic E-state index is -0.116. The first kappa shape index (κ1) is 16.4. The quantitative estimate of drug-likeness (QED) is 0.875. The predicted octanol–water partition coefficient (Wildman–Crippen LogP) is 2.24. The van der Waals surface area contributed by atoms with Gasteiger partial charge in [-0.15, -0.1) is 0 Å². The largest absolute Gasteiger partial charge is 0.392 e. The van der Waals surface area contributed by atoms with Gasteiger partial charge in [-0.3, -0.25) is 4.90 Å². The van der Waals surface area contributed by atoms with E-state index in [4.69, 9.17) is 5.26 Å². The van der Waals surface area contributed by atoms with Crippen molar-refractivity contribution >= 4 is 0 Å². The van der Waals surface area contributed by atoms with Gasteiger partial charge in [0.25, 0.3) is 0 Å². The van der Waals surface area contributed by atoms with Crippen molar-refractivity contribution in [1.82, 2.24) is 10.2 Å². The van der Waals surface area contributed by atoms with Crippen LogP contribution in [0.15, 0.2) is 24.3 Å². The number of likely N-dealkylation sites (tertiary alicyclic amines) is 1. The molecule has 1 aliphatic carbocycles. The summed E-state index contributed by atoms with van der Waals surface area (Å²) >= 11 is 0. The number of β-amino-alcohol motifs (C(OH)–C–C–N with tert-alkyl or cyclic N) is 1. The molecule has 2 aliphatic rings. The van der Waals surface area contributed by atoms with Crippen molar-refractivity contribution < 1.29 is 5.11 Å². The fourth-order valence-corrected chi connectivity index (χ4v) is 3.94. The topological polar surface area (TPSA) is 59.3 Å². The lowest BCUT2D eigenvalue weighted by Crippen LogP contribution is -2.38. The van der Waals surface area contributed by atoms with E-state index < -0.39 is 0 Å². The molecule has 0 aromatic heterocycles. The smallest absolute Gasteiger partial charge is 0.0991 e. The van der Waals surface area contributed by atoms with Crippen LogP contribution in [0.2, 0.25) is 0 Å². The summed E-state index contributed by atoms with van der Waals surface area (Å²) in [6.45, 7) is 3.93. The Hall–Kier alpha value is -1.41. The molecule has 1 atom stereocenters. The highest BCUT2D eigenvalue weighted by molar-refractivity contribution is 5.34. The van der Waals surface area contributed by atoms with Gasteiger partial charge in [-0.1, -0.05) is 12.1 Å². The Bertz CT molecular complexity index is 546. The van der Waals surface area contributed by atoms with E-state index in [1.807, 2.05) is 12.1 Å². The first-order chi connectivity index (χ1) is 11.2. The Morgan fingerprint density at radius 3 is 2.74 bits per heavy atom. The third kappa shape index (κ3) is 4.54. The van der Waals surface area contributed by atoms with Gasteiger partial charge in [0, 0.05) is 32.2 Å². The molecule has 0 amide bonds. The van der Waals surface area contributed by atoms with E-state index in [9.17, 15) is 5.11 Å². The maximum Gasteiger partial charge on any atom is 0.0991 e. The van der Waals surface area contributed by atoms with Crippen molar-refractivity contribution in [2.45, 2.75) is 50.2 Å². The molecule has 23 heavy (non-hydrogen) atoms. The van der Waals surface area contributed by atoms with Crippen LogP contribution in [-0.4, -0.2) is 48.3 Å². The zero-order chi connectivity index (χ0) is 16.1. The van der Waals surface area contributed by atoms with Crippen LogP contribution in [-0.2, 0) is 0 Å². The highest BCUT2D eigenvalue weighted by atomic mass is 16.3. The summed E-state index contributed by atoms with van der Waals surface area (Å²) in [6.07, 6.45) is 5.64. The van der Waals surface area contributed by atoms with Crippen LogP contribution >= 0.6 is 0 Å². The Morgan fingerprint density at radius 1 is 1.22 bits per heavy atom. The van der Waals surface area contributed by atoms with Gasteiger partial charge in [0.05, 0.1) is 17.7 Å². The van der Waals surface area contributed by atoms with E-state index in [1.54, 1.807) is 0 Å². The predicted molar refractivity (Wildman–Crippen MR) is 91.2 cm³/mol. The van der Waals surface area contributed by atoms with Crippen molar-refractivity contribution in [3.63, 3.8) is 0 Å². The number of rotatable bonds is 5. The molecule has 3 rings (SSSR count). The van der Waals surface area contributed by atoms with Crippen LogP contribution in [0.25, 0.3) is 0 Å². The fourth-order valence-electron chi connectivity index (χ4n) is 3.94. The molecule has 0 bridgehead atoms. The molecule has 1 saturated heterocycles. The summed E-state index contributed by atoms with van der Waals surface area (Å²) in [5.74, 6) is 0.607. The van der Waals surface area contributed by atoms with Crippen molar-refractivity contribution in [3.8, 4) is 6.07 Å². The summed E-state index contributed by atoms with van der Waals surface area (Å²) in [5, 5.41) is 22.2. The summed E-state index contributed by atoms with van der Waals surface area (Å²) in [6, 6.07) is 11.0. The summed E-state index contributed by atoms with van der Waals surface area (Å²) < 4.78 is 0. The number of aliphatic hydroxyl groups excluding tert-OH is 1. The third-order valence-electron chi connectivity index (χ3n) is 5.32. The number of nitrogens with zero attached hydrogens (tertiary/aromatic N) is 2.